The summed E-state index contributed by atoms with van der Waals surface area (Å²) < 4.78 is 16.9. The molecule has 0 aromatic carbocycles. The molecule has 0 aromatic rings. The van der Waals surface area contributed by atoms with Gasteiger partial charge >= 0.3 is 17.9 Å². The lowest BCUT2D eigenvalue weighted by Crippen LogP contribution is -2.30. The van der Waals surface area contributed by atoms with E-state index in [9.17, 15) is 14.4 Å². The number of rotatable bonds is 54. The summed E-state index contributed by atoms with van der Waals surface area (Å²) in [4.78, 5) is 38.2. The fourth-order valence-corrected chi connectivity index (χ4v) is 8.60. The summed E-state index contributed by atoms with van der Waals surface area (Å²) in [5, 5.41) is 0. The molecule has 0 amide bonds. The van der Waals surface area contributed by atoms with Crippen LogP contribution in [0.2, 0.25) is 0 Å². The third kappa shape index (κ3) is 54.4. The van der Waals surface area contributed by atoms with Crippen molar-refractivity contribution < 1.29 is 28.6 Å². The maximum Gasteiger partial charge on any atom is 0.306 e. The highest BCUT2D eigenvalue weighted by molar-refractivity contribution is 5.71. The van der Waals surface area contributed by atoms with Crippen LogP contribution in [0.15, 0.2) is 36.5 Å². The normalized spacial score (nSPS) is 12.2. The average Bonchev–Trinajstić information content (AvgIpc) is 3.33. The van der Waals surface area contributed by atoms with Crippen molar-refractivity contribution in [2.45, 2.75) is 322 Å². The zero-order valence-electron chi connectivity index (χ0n) is 44.9. The molecule has 67 heavy (non-hydrogen) atoms. The van der Waals surface area contributed by atoms with Crippen LogP contribution in [0.25, 0.3) is 0 Å². The molecule has 0 aromatic heterocycles. The highest BCUT2D eigenvalue weighted by Gasteiger charge is 2.19. The van der Waals surface area contributed by atoms with Gasteiger partial charge in [-0.1, -0.05) is 237 Å². The van der Waals surface area contributed by atoms with Gasteiger partial charge in [-0.25, -0.2) is 0 Å². The second kappa shape index (κ2) is 56.2. The first-order valence-electron chi connectivity index (χ1n) is 29.5. The third-order valence-electron chi connectivity index (χ3n) is 13.1. The van der Waals surface area contributed by atoms with Crippen molar-refractivity contribution in [1.29, 1.82) is 0 Å². The predicted molar refractivity (Wildman–Crippen MR) is 289 cm³/mol. The quantitative estimate of drug-likeness (QED) is 0.0262. The van der Waals surface area contributed by atoms with Crippen molar-refractivity contribution in [3.63, 3.8) is 0 Å². The molecule has 0 radical (unpaired) electrons. The summed E-state index contributed by atoms with van der Waals surface area (Å²) in [6.45, 7) is 6.65. The van der Waals surface area contributed by atoms with E-state index < -0.39 is 6.10 Å². The minimum absolute atomic E-state index is 0.0768. The first-order valence-corrected chi connectivity index (χ1v) is 29.5. The summed E-state index contributed by atoms with van der Waals surface area (Å²) in [5.41, 5.74) is 0. The molecule has 0 aliphatic heterocycles. The molecule has 0 rings (SSSR count). The number of ether oxygens (including phenoxy) is 3. The van der Waals surface area contributed by atoms with Crippen LogP contribution in [0.3, 0.4) is 0 Å². The summed E-state index contributed by atoms with van der Waals surface area (Å²) in [7, 11) is 0. The summed E-state index contributed by atoms with van der Waals surface area (Å²) in [6, 6.07) is 0. The molecule has 0 aliphatic carbocycles. The molecule has 0 fully saturated rings. The molecule has 0 saturated heterocycles. The lowest BCUT2D eigenvalue weighted by molar-refractivity contribution is -0.167. The molecule has 6 heteroatoms. The third-order valence-corrected chi connectivity index (χ3v) is 13.1. The van der Waals surface area contributed by atoms with Crippen LogP contribution in [0.4, 0.5) is 0 Å². The molecule has 0 saturated carbocycles. The maximum absolute atomic E-state index is 12.8. The van der Waals surface area contributed by atoms with E-state index in [0.717, 1.165) is 70.6 Å². The Hall–Kier alpha value is -2.37. The molecule has 0 N–H and O–H groups in total. The SMILES string of the molecule is CCCCCCCC/C=C\CCCCCCCCCCCC(=O)OCC(COC(=O)CCCCCCC/C=C\CCCCCCCC)OC(=O)CCCCCCC/C=C\CCCCCCCC. The fourth-order valence-electron chi connectivity index (χ4n) is 8.60. The van der Waals surface area contributed by atoms with E-state index in [2.05, 4.69) is 57.2 Å². The lowest BCUT2D eigenvalue weighted by atomic mass is 10.1. The van der Waals surface area contributed by atoms with Gasteiger partial charge in [0.25, 0.3) is 0 Å². The first-order chi connectivity index (χ1) is 33.0. The van der Waals surface area contributed by atoms with E-state index >= 15 is 0 Å². The molecular formula is C61H112O6. The van der Waals surface area contributed by atoms with Gasteiger partial charge in [0.1, 0.15) is 13.2 Å². The minimum Gasteiger partial charge on any atom is -0.462 e. The van der Waals surface area contributed by atoms with Gasteiger partial charge in [0.15, 0.2) is 6.10 Å². The first kappa shape index (κ1) is 64.6. The van der Waals surface area contributed by atoms with Gasteiger partial charge in [-0.3, -0.25) is 14.4 Å². The lowest BCUT2D eigenvalue weighted by Gasteiger charge is -2.18. The van der Waals surface area contributed by atoms with E-state index in [4.69, 9.17) is 14.2 Å². The molecule has 392 valence electrons. The molecular weight excluding hydrogens is 829 g/mol. The fraction of sp³-hybridized carbons (Fsp3) is 0.852. The zero-order chi connectivity index (χ0) is 48.6. The van der Waals surface area contributed by atoms with E-state index in [-0.39, 0.29) is 31.1 Å². The van der Waals surface area contributed by atoms with Gasteiger partial charge in [-0.2, -0.15) is 0 Å². The monoisotopic (exact) mass is 941 g/mol. The van der Waals surface area contributed by atoms with E-state index in [1.807, 2.05) is 0 Å². The Balaban J connectivity index is 4.35. The Labute approximate surface area is 416 Å². The second-order valence-electron chi connectivity index (χ2n) is 19.9. The number of hydrogen-bond donors (Lipinski definition) is 0. The molecule has 0 spiro atoms. The van der Waals surface area contributed by atoms with Gasteiger partial charge in [-0.05, 0) is 96.3 Å². The van der Waals surface area contributed by atoms with Crippen LogP contribution in [0, 0.1) is 0 Å². The highest BCUT2D eigenvalue weighted by atomic mass is 16.6. The molecule has 6 nitrogen and oxygen atoms in total. The average molecular weight is 942 g/mol. The zero-order valence-corrected chi connectivity index (χ0v) is 44.9. The summed E-state index contributed by atoms with van der Waals surface area (Å²) in [6.07, 6.45) is 67.0. The molecule has 1 atom stereocenters. The van der Waals surface area contributed by atoms with E-state index in [1.54, 1.807) is 0 Å². The van der Waals surface area contributed by atoms with E-state index in [1.165, 1.54) is 205 Å². The largest absolute Gasteiger partial charge is 0.462 e. The Bertz CT molecular complexity index is 1130. The van der Waals surface area contributed by atoms with Gasteiger partial charge < -0.3 is 14.2 Å². The second-order valence-corrected chi connectivity index (χ2v) is 19.9. The van der Waals surface area contributed by atoms with Crippen molar-refractivity contribution in [1.82, 2.24) is 0 Å². The van der Waals surface area contributed by atoms with Crippen LogP contribution in [0.1, 0.15) is 316 Å². The van der Waals surface area contributed by atoms with Crippen LogP contribution >= 0.6 is 0 Å². The van der Waals surface area contributed by atoms with Gasteiger partial charge in [0.05, 0.1) is 0 Å². The van der Waals surface area contributed by atoms with Gasteiger partial charge in [0, 0.05) is 19.3 Å². The van der Waals surface area contributed by atoms with Crippen LogP contribution in [0.5, 0.6) is 0 Å². The number of carbonyl (C=O) groups is 3. The standard InChI is InChI=1S/C61H112O6/c1-4-7-10-13-16-19-22-25-28-29-30-31-34-36-39-42-45-48-51-54-60(63)66-57-58(67-61(64)55-52-49-46-43-40-37-33-27-24-21-18-15-12-9-6-3)56-65-59(62)53-50-47-44-41-38-35-32-26-23-20-17-14-11-8-5-2/h25-28,32-33,58H,4-24,29-31,34-57H2,1-3H3/b28-25-,32-26-,33-27-. The smallest absolute Gasteiger partial charge is 0.306 e. The molecule has 0 bridgehead atoms. The molecule has 0 aliphatic rings. The van der Waals surface area contributed by atoms with Crippen LogP contribution in [-0.4, -0.2) is 37.2 Å². The van der Waals surface area contributed by atoms with Crippen molar-refractivity contribution in [2.75, 3.05) is 13.2 Å². The number of allylic oxidation sites excluding steroid dienone is 6. The predicted octanol–water partition coefficient (Wildman–Crippen LogP) is 19.7. The van der Waals surface area contributed by atoms with Gasteiger partial charge in [-0.15, -0.1) is 0 Å². The van der Waals surface area contributed by atoms with E-state index in [0.29, 0.717) is 19.3 Å². The van der Waals surface area contributed by atoms with Gasteiger partial charge in [0.2, 0.25) is 0 Å². The van der Waals surface area contributed by atoms with Crippen molar-refractivity contribution in [2.24, 2.45) is 0 Å². The minimum atomic E-state index is -0.779. The number of esters is 3. The van der Waals surface area contributed by atoms with Crippen molar-refractivity contribution in [3.05, 3.63) is 36.5 Å². The number of carbonyl (C=O) groups excluding carboxylic acids is 3. The Kier molecular flexibility index (Phi) is 54.2. The van der Waals surface area contributed by atoms with Crippen LogP contribution in [-0.2, 0) is 28.6 Å². The number of hydrogen-bond acceptors (Lipinski definition) is 6. The van der Waals surface area contributed by atoms with Crippen LogP contribution < -0.4 is 0 Å². The maximum atomic E-state index is 12.8. The molecule has 1 unspecified atom stereocenters. The van der Waals surface area contributed by atoms with Crippen molar-refractivity contribution >= 4 is 17.9 Å². The Morgan fingerprint density at radius 1 is 0.284 bits per heavy atom. The Morgan fingerprint density at radius 2 is 0.493 bits per heavy atom. The molecule has 0 heterocycles. The number of unbranched alkanes of at least 4 members (excludes halogenated alkanes) is 37. The highest BCUT2D eigenvalue weighted by Crippen LogP contribution is 2.16. The van der Waals surface area contributed by atoms with Crippen molar-refractivity contribution in [3.8, 4) is 0 Å². The summed E-state index contributed by atoms with van der Waals surface area (Å²) >= 11 is 0. The topological polar surface area (TPSA) is 78.9 Å². The Morgan fingerprint density at radius 3 is 0.746 bits per heavy atom. The summed E-state index contributed by atoms with van der Waals surface area (Å²) in [5.74, 6) is -0.880.